The van der Waals surface area contributed by atoms with Gasteiger partial charge in [-0.15, -0.1) is 0 Å². The van der Waals surface area contributed by atoms with Crippen LogP contribution in [0.1, 0.15) is 5.82 Å². The first-order chi connectivity index (χ1) is 7.26. The van der Waals surface area contributed by atoms with Gasteiger partial charge in [-0.2, -0.15) is 4.98 Å². The summed E-state index contributed by atoms with van der Waals surface area (Å²) in [5.41, 5.74) is 6.34. The summed E-state index contributed by atoms with van der Waals surface area (Å²) in [6.07, 6.45) is 0. The maximum absolute atomic E-state index is 5.51. The maximum Gasteiger partial charge on any atom is 0.225 e. The zero-order valence-electron chi connectivity index (χ0n) is 8.20. The number of hydrogen-bond donors (Lipinski definition) is 1. The Bertz CT molecular complexity index is 501. The van der Waals surface area contributed by atoms with Crippen molar-refractivity contribution in [2.45, 2.75) is 6.54 Å². The van der Waals surface area contributed by atoms with Gasteiger partial charge < -0.3 is 10.5 Å². The molecule has 78 valence electrons. The predicted octanol–water partition coefficient (Wildman–Crippen LogP) is 1.86. The number of rotatable bonds is 2. The second-order valence-electron chi connectivity index (χ2n) is 2.99. The Morgan fingerprint density at radius 2 is 2.20 bits per heavy atom. The van der Waals surface area contributed by atoms with E-state index in [4.69, 9.17) is 10.5 Å². The largest absolute Gasteiger partial charge is 0.480 e. The van der Waals surface area contributed by atoms with E-state index in [0.717, 1.165) is 15.4 Å². The van der Waals surface area contributed by atoms with Crippen molar-refractivity contribution in [3.63, 3.8) is 0 Å². The van der Waals surface area contributed by atoms with Crippen molar-refractivity contribution in [1.29, 1.82) is 0 Å². The summed E-state index contributed by atoms with van der Waals surface area (Å²) in [5, 5.41) is 0.872. The minimum Gasteiger partial charge on any atom is -0.480 e. The molecule has 0 atom stereocenters. The van der Waals surface area contributed by atoms with E-state index in [0.29, 0.717) is 18.2 Å². The van der Waals surface area contributed by atoms with Crippen molar-refractivity contribution >= 4 is 26.8 Å². The van der Waals surface area contributed by atoms with Crippen LogP contribution in [0, 0.1) is 0 Å². The SMILES string of the molecule is COc1nc(CN)nc2cccc(Br)c12. The fourth-order valence-electron chi connectivity index (χ4n) is 1.39. The summed E-state index contributed by atoms with van der Waals surface area (Å²) in [7, 11) is 1.58. The lowest BCUT2D eigenvalue weighted by atomic mass is 10.2. The Balaban J connectivity index is 2.81. The number of ether oxygens (including phenoxy) is 1. The van der Waals surface area contributed by atoms with Crippen LogP contribution >= 0.6 is 15.9 Å². The molecule has 0 saturated carbocycles. The first kappa shape index (κ1) is 10.3. The van der Waals surface area contributed by atoms with Gasteiger partial charge in [0.1, 0.15) is 5.82 Å². The normalized spacial score (nSPS) is 10.6. The molecular weight excluding hydrogens is 258 g/mol. The van der Waals surface area contributed by atoms with Crippen LogP contribution in [0.15, 0.2) is 22.7 Å². The third kappa shape index (κ3) is 1.80. The summed E-state index contributed by atoms with van der Waals surface area (Å²) in [4.78, 5) is 8.53. The number of benzene rings is 1. The lowest BCUT2D eigenvalue weighted by molar-refractivity contribution is 0.400. The third-order valence-electron chi connectivity index (χ3n) is 2.06. The van der Waals surface area contributed by atoms with Crippen molar-refractivity contribution in [2.24, 2.45) is 5.73 Å². The Morgan fingerprint density at radius 1 is 1.40 bits per heavy atom. The lowest BCUT2D eigenvalue weighted by Crippen LogP contribution is -2.05. The van der Waals surface area contributed by atoms with E-state index in [9.17, 15) is 0 Å². The summed E-state index contributed by atoms with van der Waals surface area (Å²) in [6.45, 7) is 0.304. The van der Waals surface area contributed by atoms with E-state index in [1.54, 1.807) is 7.11 Å². The van der Waals surface area contributed by atoms with E-state index in [2.05, 4.69) is 25.9 Å². The highest BCUT2D eigenvalue weighted by molar-refractivity contribution is 9.10. The third-order valence-corrected chi connectivity index (χ3v) is 2.72. The monoisotopic (exact) mass is 267 g/mol. The quantitative estimate of drug-likeness (QED) is 0.903. The van der Waals surface area contributed by atoms with Crippen LogP contribution in [0.25, 0.3) is 10.9 Å². The van der Waals surface area contributed by atoms with E-state index in [1.165, 1.54) is 0 Å². The highest BCUT2D eigenvalue weighted by atomic mass is 79.9. The second-order valence-corrected chi connectivity index (χ2v) is 3.84. The first-order valence-electron chi connectivity index (χ1n) is 4.45. The summed E-state index contributed by atoms with van der Waals surface area (Å²) >= 11 is 3.44. The molecule has 5 heteroatoms. The Morgan fingerprint density at radius 3 is 2.87 bits per heavy atom. The van der Waals surface area contributed by atoms with Crippen molar-refractivity contribution in [3.8, 4) is 5.88 Å². The van der Waals surface area contributed by atoms with Crippen LogP contribution in [0.3, 0.4) is 0 Å². The number of nitrogens with two attached hydrogens (primary N) is 1. The van der Waals surface area contributed by atoms with Crippen molar-refractivity contribution in [3.05, 3.63) is 28.5 Å². The van der Waals surface area contributed by atoms with Gasteiger partial charge in [0, 0.05) is 4.47 Å². The highest BCUT2D eigenvalue weighted by Crippen LogP contribution is 2.29. The number of halogens is 1. The molecule has 2 rings (SSSR count). The summed E-state index contributed by atoms with van der Waals surface area (Å²) in [5.74, 6) is 1.13. The molecule has 0 unspecified atom stereocenters. The topological polar surface area (TPSA) is 61.0 Å². The molecule has 1 heterocycles. The molecule has 0 aliphatic carbocycles. The second kappa shape index (κ2) is 4.12. The van der Waals surface area contributed by atoms with E-state index >= 15 is 0 Å². The molecular formula is C10H10BrN3O. The zero-order chi connectivity index (χ0) is 10.8. The predicted molar refractivity (Wildman–Crippen MR) is 61.7 cm³/mol. The first-order valence-corrected chi connectivity index (χ1v) is 5.24. The van der Waals surface area contributed by atoms with E-state index in [1.807, 2.05) is 18.2 Å². The Hall–Kier alpha value is -1.20. The van der Waals surface area contributed by atoms with Gasteiger partial charge in [-0.05, 0) is 28.1 Å². The van der Waals surface area contributed by atoms with E-state index < -0.39 is 0 Å². The molecule has 1 aromatic heterocycles. The molecule has 15 heavy (non-hydrogen) atoms. The van der Waals surface area contributed by atoms with Crippen LogP contribution in [-0.2, 0) is 6.54 Å². The molecule has 0 aliphatic rings. The Labute approximate surface area is 95.6 Å². The van der Waals surface area contributed by atoms with Gasteiger partial charge in [0.15, 0.2) is 0 Å². The molecule has 2 aromatic rings. The van der Waals surface area contributed by atoms with Crippen molar-refractivity contribution < 1.29 is 4.74 Å². The van der Waals surface area contributed by atoms with Gasteiger partial charge in [-0.3, -0.25) is 0 Å². The smallest absolute Gasteiger partial charge is 0.225 e. The molecule has 2 N–H and O–H groups in total. The van der Waals surface area contributed by atoms with Gasteiger partial charge in [-0.1, -0.05) is 6.07 Å². The van der Waals surface area contributed by atoms with Crippen LogP contribution in [0.2, 0.25) is 0 Å². The molecule has 0 bridgehead atoms. The van der Waals surface area contributed by atoms with Crippen LogP contribution in [0.5, 0.6) is 5.88 Å². The van der Waals surface area contributed by atoms with Crippen molar-refractivity contribution in [2.75, 3.05) is 7.11 Å². The molecule has 0 aliphatic heterocycles. The van der Waals surface area contributed by atoms with E-state index in [-0.39, 0.29) is 0 Å². The maximum atomic E-state index is 5.51. The molecule has 0 fully saturated rings. The minimum atomic E-state index is 0.304. The number of nitrogens with zero attached hydrogens (tertiary/aromatic N) is 2. The van der Waals surface area contributed by atoms with Gasteiger partial charge in [0.25, 0.3) is 0 Å². The van der Waals surface area contributed by atoms with Crippen LogP contribution in [0.4, 0.5) is 0 Å². The summed E-state index contributed by atoms with van der Waals surface area (Å²) < 4.78 is 6.13. The number of aromatic nitrogens is 2. The fraction of sp³-hybridized carbons (Fsp3) is 0.200. The van der Waals surface area contributed by atoms with Gasteiger partial charge in [-0.25, -0.2) is 4.98 Å². The standard InChI is InChI=1S/C10H10BrN3O/c1-15-10-9-6(11)3-2-4-7(9)13-8(5-12)14-10/h2-4H,5,12H2,1H3. The highest BCUT2D eigenvalue weighted by Gasteiger charge is 2.09. The molecule has 1 aromatic carbocycles. The van der Waals surface area contributed by atoms with Crippen LogP contribution < -0.4 is 10.5 Å². The molecule has 4 nitrogen and oxygen atoms in total. The minimum absolute atomic E-state index is 0.304. The van der Waals surface area contributed by atoms with Crippen molar-refractivity contribution in [1.82, 2.24) is 9.97 Å². The average Bonchev–Trinajstić information content (AvgIpc) is 2.27. The molecule has 0 saturated heterocycles. The zero-order valence-corrected chi connectivity index (χ0v) is 9.78. The fourth-order valence-corrected chi connectivity index (χ4v) is 1.92. The Kier molecular flexibility index (Phi) is 2.83. The number of methoxy groups -OCH3 is 1. The molecule has 0 spiro atoms. The lowest BCUT2D eigenvalue weighted by Gasteiger charge is -2.07. The van der Waals surface area contributed by atoms with Gasteiger partial charge in [0.2, 0.25) is 5.88 Å². The number of hydrogen-bond acceptors (Lipinski definition) is 4. The molecule has 0 amide bonds. The van der Waals surface area contributed by atoms with Crippen LogP contribution in [-0.4, -0.2) is 17.1 Å². The van der Waals surface area contributed by atoms with Gasteiger partial charge >= 0.3 is 0 Å². The summed E-state index contributed by atoms with van der Waals surface area (Å²) in [6, 6.07) is 5.75. The molecule has 0 radical (unpaired) electrons. The average molecular weight is 268 g/mol. The van der Waals surface area contributed by atoms with Gasteiger partial charge in [0.05, 0.1) is 24.6 Å². The number of fused-ring (bicyclic) bond motifs is 1.